The Balaban J connectivity index is 1.80. The summed E-state index contributed by atoms with van der Waals surface area (Å²) in [5.41, 5.74) is 4.08. The smallest absolute Gasteiger partial charge is 0.329 e. The van der Waals surface area contributed by atoms with Gasteiger partial charge in [-0.1, -0.05) is 37.3 Å². The minimum atomic E-state index is -0.788. The minimum Gasteiger partial charge on any atom is -0.489 e. The number of carbonyl (C=O) groups is 2. The molecule has 2 N–H and O–H groups in total. The van der Waals surface area contributed by atoms with Gasteiger partial charge in [0, 0.05) is 6.04 Å². The largest absolute Gasteiger partial charge is 0.489 e. The van der Waals surface area contributed by atoms with Gasteiger partial charge in [-0.05, 0) is 48.7 Å². The molecule has 6 heteroatoms. The van der Waals surface area contributed by atoms with Gasteiger partial charge >= 0.3 is 11.8 Å². The molecule has 0 aliphatic rings. The van der Waals surface area contributed by atoms with Gasteiger partial charge in [0.1, 0.15) is 12.4 Å². The third kappa shape index (κ3) is 6.39. The van der Waals surface area contributed by atoms with E-state index < -0.39 is 11.8 Å². The predicted octanol–water partition coefficient (Wildman–Crippen LogP) is 2.63. The van der Waals surface area contributed by atoms with Crippen molar-refractivity contribution in [2.75, 3.05) is 0 Å². The number of nitrogens with one attached hydrogen (secondary N) is 2. The van der Waals surface area contributed by atoms with Gasteiger partial charge in [-0.15, -0.1) is 0 Å². The predicted molar refractivity (Wildman–Crippen MR) is 101 cm³/mol. The maximum Gasteiger partial charge on any atom is 0.329 e. The summed E-state index contributed by atoms with van der Waals surface area (Å²) in [7, 11) is 0. The van der Waals surface area contributed by atoms with E-state index in [4.69, 9.17) is 4.74 Å². The van der Waals surface area contributed by atoms with E-state index in [1.54, 1.807) is 0 Å². The van der Waals surface area contributed by atoms with Crippen LogP contribution in [0.5, 0.6) is 5.75 Å². The quantitative estimate of drug-likeness (QED) is 0.456. The topological polar surface area (TPSA) is 79.8 Å². The fraction of sp³-hybridized carbons (Fsp3) is 0.250. The van der Waals surface area contributed by atoms with Crippen LogP contribution in [0, 0.1) is 0 Å². The van der Waals surface area contributed by atoms with E-state index in [1.807, 2.05) is 68.4 Å². The number of hydrazone groups is 1. The Hall–Kier alpha value is -3.15. The van der Waals surface area contributed by atoms with Gasteiger partial charge in [0.2, 0.25) is 0 Å². The monoisotopic (exact) mass is 353 g/mol. The summed E-state index contributed by atoms with van der Waals surface area (Å²) < 4.78 is 5.70. The maximum atomic E-state index is 11.6. The first-order valence-corrected chi connectivity index (χ1v) is 8.49. The second kappa shape index (κ2) is 9.98. The van der Waals surface area contributed by atoms with Gasteiger partial charge in [-0.3, -0.25) is 9.59 Å². The molecule has 0 saturated carbocycles. The van der Waals surface area contributed by atoms with Crippen LogP contribution in [0.4, 0.5) is 0 Å². The highest BCUT2D eigenvalue weighted by molar-refractivity contribution is 6.35. The molecule has 2 aromatic rings. The fourth-order valence-corrected chi connectivity index (χ4v) is 2.00. The standard InChI is InChI=1S/C20H23N3O3/c1-3-15(2)22-19(24)20(25)23-21-13-16-9-11-18(12-10-16)26-14-17-7-5-4-6-8-17/h4-13,15H,3,14H2,1-2H3,(H,22,24)(H,23,25)/b21-13-/t15-/m0/s1. The van der Waals surface area contributed by atoms with Crippen LogP contribution in [0.25, 0.3) is 0 Å². The lowest BCUT2D eigenvalue weighted by Crippen LogP contribution is -2.41. The van der Waals surface area contributed by atoms with Gasteiger partial charge < -0.3 is 10.1 Å². The van der Waals surface area contributed by atoms with Crippen molar-refractivity contribution in [1.82, 2.24) is 10.7 Å². The van der Waals surface area contributed by atoms with Crippen LogP contribution in [0.1, 0.15) is 31.4 Å². The van der Waals surface area contributed by atoms with Gasteiger partial charge in [0.25, 0.3) is 0 Å². The molecule has 0 unspecified atom stereocenters. The van der Waals surface area contributed by atoms with Crippen LogP contribution in [0.15, 0.2) is 59.7 Å². The Kier molecular flexibility index (Phi) is 7.36. The number of ether oxygens (including phenoxy) is 1. The third-order valence-corrected chi connectivity index (χ3v) is 3.70. The second-order valence-electron chi connectivity index (χ2n) is 5.83. The zero-order chi connectivity index (χ0) is 18.8. The van der Waals surface area contributed by atoms with Crippen molar-refractivity contribution in [1.29, 1.82) is 0 Å². The van der Waals surface area contributed by atoms with E-state index in [0.717, 1.165) is 23.3 Å². The third-order valence-electron chi connectivity index (χ3n) is 3.70. The summed E-state index contributed by atoms with van der Waals surface area (Å²) in [6, 6.07) is 17.1. The van der Waals surface area contributed by atoms with Crippen molar-refractivity contribution in [2.45, 2.75) is 32.9 Å². The molecular weight excluding hydrogens is 330 g/mol. The molecule has 0 bridgehead atoms. The molecule has 0 heterocycles. The lowest BCUT2D eigenvalue weighted by atomic mass is 10.2. The van der Waals surface area contributed by atoms with Gasteiger partial charge in [-0.2, -0.15) is 5.10 Å². The molecule has 0 aliphatic carbocycles. The summed E-state index contributed by atoms with van der Waals surface area (Å²) in [5.74, 6) is -0.742. The maximum absolute atomic E-state index is 11.6. The Morgan fingerprint density at radius 1 is 1.08 bits per heavy atom. The fourth-order valence-electron chi connectivity index (χ4n) is 2.00. The number of rotatable bonds is 7. The molecule has 2 amide bonds. The van der Waals surface area contributed by atoms with Crippen LogP contribution in [0.3, 0.4) is 0 Å². The summed E-state index contributed by atoms with van der Waals surface area (Å²) in [4.78, 5) is 23.2. The molecule has 2 aromatic carbocycles. The highest BCUT2D eigenvalue weighted by atomic mass is 16.5. The Bertz CT molecular complexity index is 743. The summed E-state index contributed by atoms with van der Waals surface area (Å²) in [6.07, 6.45) is 2.22. The van der Waals surface area contributed by atoms with Crippen molar-refractivity contribution in [3.63, 3.8) is 0 Å². The number of benzene rings is 2. The van der Waals surface area contributed by atoms with Gasteiger partial charge in [-0.25, -0.2) is 5.43 Å². The van der Waals surface area contributed by atoms with E-state index in [2.05, 4.69) is 15.8 Å². The molecule has 0 radical (unpaired) electrons. The Morgan fingerprint density at radius 3 is 2.42 bits per heavy atom. The van der Waals surface area contributed by atoms with Crippen molar-refractivity contribution >= 4 is 18.0 Å². The van der Waals surface area contributed by atoms with Gasteiger partial charge in [0.05, 0.1) is 6.21 Å². The van der Waals surface area contributed by atoms with Crippen molar-refractivity contribution in [3.05, 3.63) is 65.7 Å². The lowest BCUT2D eigenvalue weighted by Gasteiger charge is -2.09. The SMILES string of the molecule is CC[C@H](C)NC(=O)C(=O)N/N=C\c1ccc(OCc2ccccc2)cc1. The first-order chi connectivity index (χ1) is 12.6. The summed E-state index contributed by atoms with van der Waals surface area (Å²) in [5, 5.41) is 6.36. The van der Waals surface area contributed by atoms with Gasteiger partial charge in [0.15, 0.2) is 0 Å². The number of hydrogen-bond donors (Lipinski definition) is 2. The van der Waals surface area contributed by atoms with Crippen LogP contribution >= 0.6 is 0 Å². The van der Waals surface area contributed by atoms with E-state index in [1.165, 1.54) is 6.21 Å². The molecule has 0 aliphatic heterocycles. The lowest BCUT2D eigenvalue weighted by molar-refractivity contribution is -0.139. The Morgan fingerprint density at radius 2 is 1.77 bits per heavy atom. The highest BCUT2D eigenvalue weighted by Crippen LogP contribution is 2.13. The minimum absolute atomic E-state index is 0.0549. The molecule has 1 atom stereocenters. The second-order valence-corrected chi connectivity index (χ2v) is 5.83. The molecule has 136 valence electrons. The summed E-state index contributed by atoms with van der Waals surface area (Å²) >= 11 is 0. The van der Waals surface area contributed by atoms with E-state index in [-0.39, 0.29) is 6.04 Å². The van der Waals surface area contributed by atoms with Crippen molar-refractivity contribution < 1.29 is 14.3 Å². The first kappa shape index (κ1) is 19.2. The number of nitrogens with zero attached hydrogens (tertiary/aromatic N) is 1. The van der Waals surface area contributed by atoms with Crippen LogP contribution in [0.2, 0.25) is 0 Å². The molecule has 0 aromatic heterocycles. The normalized spacial score (nSPS) is 11.8. The molecule has 2 rings (SSSR count). The number of amides is 2. The van der Waals surface area contributed by atoms with E-state index in [0.29, 0.717) is 6.61 Å². The van der Waals surface area contributed by atoms with Crippen LogP contribution in [-0.2, 0) is 16.2 Å². The molecule has 0 saturated heterocycles. The molecular formula is C20H23N3O3. The zero-order valence-corrected chi connectivity index (χ0v) is 14.9. The first-order valence-electron chi connectivity index (χ1n) is 8.49. The van der Waals surface area contributed by atoms with Crippen LogP contribution < -0.4 is 15.5 Å². The van der Waals surface area contributed by atoms with Crippen LogP contribution in [-0.4, -0.2) is 24.1 Å². The van der Waals surface area contributed by atoms with Crippen molar-refractivity contribution in [2.24, 2.45) is 5.10 Å². The molecule has 6 nitrogen and oxygen atoms in total. The number of hydrogen-bond acceptors (Lipinski definition) is 4. The molecule has 26 heavy (non-hydrogen) atoms. The summed E-state index contributed by atoms with van der Waals surface area (Å²) in [6.45, 7) is 4.25. The Labute approximate surface area is 153 Å². The molecule has 0 spiro atoms. The van der Waals surface area contributed by atoms with E-state index >= 15 is 0 Å². The average molecular weight is 353 g/mol. The average Bonchev–Trinajstić information content (AvgIpc) is 2.67. The molecule has 0 fully saturated rings. The highest BCUT2D eigenvalue weighted by Gasteiger charge is 2.14. The number of carbonyl (C=O) groups excluding carboxylic acids is 2. The zero-order valence-electron chi connectivity index (χ0n) is 14.9. The van der Waals surface area contributed by atoms with Crippen molar-refractivity contribution in [3.8, 4) is 5.75 Å². The van der Waals surface area contributed by atoms with E-state index in [9.17, 15) is 9.59 Å².